The van der Waals surface area contributed by atoms with Crippen LogP contribution < -0.4 is 0 Å². The minimum absolute atomic E-state index is 0.265. The Morgan fingerprint density at radius 3 is 1.71 bits per heavy atom. The molecule has 5 N–H and O–H groups in total. The maximum atomic E-state index is 9.47. The molecule has 0 aliphatic heterocycles. The van der Waals surface area contributed by atoms with E-state index in [0.29, 0.717) is 0 Å². The van der Waals surface area contributed by atoms with Crippen LogP contribution in [0.3, 0.4) is 0 Å². The average Bonchev–Trinajstić information content (AvgIpc) is 2.22. The van der Waals surface area contributed by atoms with E-state index < -0.39 is 18.7 Å². The van der Waals surface area contributed by atoms with Crippen molar-refractivity contribution in [3.05, 3.63) is 0 Å². The zero-order valence-electron chi connectivity index (χ0n) is 7.67. The van der Waals surface area contributed by atoms with E-state index in [1.807, 2.05) is 0 Å². The van der Waals surface area contributed by atoms with E-state index in [1.165, 1.54) is 0 Å². The van der Waals surface area contributed by atoms with Gasteiger partial charge in [-0.15, -0.1) is 0 Å². The van der Waals surface area contributed by atoms with E-state index in [2.05, 4.69) is 9.47 Å². The minimum atomic E-state index is -2.40. The highest BCUT2D eigenvalue weighted by Crippen LogP contribution is 2.14. The normalized spacial score (nSPS) is 14.4. The number of aliphatic hydroxyl groups is 5. The molecule has 0 aliphatic rings. The van der Waals surface area contributed by atoms with E-state index >= 15 is 0 Å². The Bertz CT molecular complexity index is 132. The predicted molar refractivity (Wildman–Crippen MR) is 44.1 cm³/mol. The van der Waals surface area contributed by atoms with E-state index in [1.54, 1.807) is 0 Å². The molecule has 86 valence electrons. The number of hydrogen-bond acceptors (Lipinski definition) is 7. The van der Waals surface area contributed by atoms with Gasteiger partial charge < -0.3 is 35.0 Å². The average molecular weight is 212 g/mol. The van der Waals surface area contributed by atoms with Crippen LogP contribution in [-0.4, -0.2) is 70.6 Å². The van der Waals surface area contributed by atoms with E-state index in [0.717, 1.165) is 0 Å². The van der Waals surface area contributed by atoms with Crippen molar-refractivity contribution in [3.8, 4) is 0 Å². The second-order valence-electron chi connectivity index (χ2n) is 2.47. The molecular weight excluding hydrogens is 196 g/mol. The van der Waals surface area contributed by atoms with Crippen LogP contribution in [0.1, 0.15) is 0 Å². The van der Waals surface area contributed by atoms with Gasteiger partial charge in [-0.25, -0.2) is 0 Å². The first-order valence-corrected chi connectivity index (χ1v) is 4.11. The molecule has 0 bridgehead atoms. The Morgan fingerprint density at radius 2 is 1.43 bits per heavy atom. The predicted octanol–water partition coefficient (Wildman–Crippen LogP) is -3.00. The van der Waals surface area contributed by atoms with Gasteiger partial charge in [0.25, 0.3) is 0 Å². The summed E-state index contributed by atoms with van der Waals surface area (Å²) in [7, 11) is 0. The highest BCUT2D eigenvalue weighted by atomic mass is 16.8. The smallest absolute Gasteiger partial charge is 0.310 e. The molecule has 0 aromatic rings. The molecule has 0 aromatic heterocycles. The molecule has 0 spiro atoms. The molecule has 1 unspecified atom stereocenters. The highest BCUT2D eigenvalue weighted by Gasteiger charge is 2.38. The third-order valence-corrected chi connectivity index (χ3v) is 1.39. The van der Waals surface area contributed by atoms with Crippen molar-refractivity contribution in [1.29, 1.82) is 0 Å². The summed E-state index contributed by atoms with van der Waals surface area (Å²) >= 11 is 0. The molecule has 0 saturated heterocycles. The summed E-state index contributed by atoms with van der Waals surface area (Å²) in [5.41, 5.74) is 0. The molecule has 0 rings (SSSR count). The molecule has 0 heterocycles. The second-order valence-corrected chi connectivity index (χ2v) is 2.47. The third kappa shape index (κ3) is 4.29. The van der Waals surface area contributed by atoms with Crippen LogP contribution in [0.15, 0.2) is 0 Å². The third-order valence-electron chi connectivity index (χ3n) is 1.39. The van der Waals surface area contributed by atoms with Gasteiger partial charge in [0.2, 0.25) is 0 Å². The quantitative estimate of drug-likeness (QED) is 0.272. The molecule has 7 nitrogen and oxygen atoms in total. The molecule has 0 aliphatic carbocycles. The monoisotopic (exact) mass is 212 g/mol. The van der Waals surface area contributed by atoms with Crippen LogP contribution in [-0.2, 0) is 9.47 Å². The lowest BCUT2D eigenvalue weighted by molar-refractivity contribution is -0.400. The van der Waals surface area contributed by atoms with Gasteiger partial charge in [-0.3, -0.25) is 0 Å². The fraction of sp³-hybridized carbons (Fsp3) is 1.00. The lowest BCUT2D eigenvalue weighted by atomic mass is 10.3. The number of rotatable bonds is 8. The van der Waals surface area contributed by atoms with Gasteiger partial charge in [-0.2, -0.15) is 0 Å². The van der Waals surface area contributed by atoms with Crippen molar-refractivity contribution in [2.24, 2.45) is 0 Å². The Morgan fingerprint density at radius 1 is 1.00 bits per heavy atom. The summed E-state index contributed by atoms with van der Waals surface area (Å²) in [6.45, 7) is -2.04. The van der Waals surface area contributed by atoms with E-state index in [9.17, 15) is 5.11 Å². The standard InChI is InChI=1S/C7H16O7/c8-1-3-13-7(12,6(11)5-10)14-4-2-9/h6,8-12H,1-5H2. The van der Waals surface area contributed by atoms with Gasteiger partial charge in [0.15, 0.2) is 6.10 Å². The number of aliphatic hydroxyl groups excluding tert-OH is 4. The van der Waals surface area contributed by atoms with Gasteiger partial charge in [-0.05, 0) is 0 Å². The summed E-state index contributed by atoms with van der Waals surface area (Å²) in [4.78, 5) is 0. The van der Waals surface area contributed by atoms with Gasteiger partial charge in [0, 0.05) is 0 Å². The van der Waals surface area contributed by atoms with E-state index in [4.69, 9.17) is 20.4 Å². The summed E-state index contributed by atoms with van der Waals surface area (Å²) in [6, 6.07) is 0. The number of ether oxygens (including phenoxy) is 2. The summed E-state index contributed by atoms with van der Waals surface area (Å²) in [6.07, 6.45) is -1.67. The molecule has 7 heteroatoms. The van der Waals surface area contributed by atoms with Gasteiger partial charge in [-0.1, -0.05) is 0 Å². The fourth-order valence-electron chi connectivity index (χ4n) is 0.733. The summed E-state index contributed by atoms with van der Waals surface area (Å²) in [5.74, 6) is -2.40. The van der Waals surface area contributed by atoms with Gasteiger partial charge in [0.1, 0.15) is 0 Å². The van der Waals surface area contributed by atoms with Crippen molar-refractivity contribution < 1.29 is 35.0 Å². The second kappa shape index (κ2) is 7.07. The Kier molecular flexibility index (Phi) is 6.93. The van der Waals surface area contributed by atoms with Crippen LogP contribution in [0.4, 0.5) is 0 Å². The Balaban J connectivity index is 4.16. The molecule has 0 fully saturated rings. The SMILES string of the molecule is OCCOC(O)(OCCO)C(O)CO. The molecule has 14 heavy (non-hydrogen) atoms. The first kappa shape index (κ1) is 13.7. The van der Waals surface area contributed by atoms with Crippen LogP contribution in [0, 0.1) is 0 Å². The van der Waals surface area contributed by atoms with Crippen LogP contribution in [0.25, 0.3) is 0 Å². The van der Waals surface area contributed by atoms with Crippen molar-refractivity contribution in [1.82, 2.24) is 0 Å². The van der Waals surface area contributed by atoms with Crippen LogP contribution in [0.2, 0.25) is 0 Å². The molecule has 0 saturated carbocycles. The molecule has 0 amide bonds. The first-order chi connectivity index (χ1) is 6.60. The van der Waals surface area contributed by atoms with Crippen molar-refractivity contribution >= 4 is 0 Å². The molecular formula is C7H16O7. The largest absolute Gasteiger partial charge is 0.394 e. The minimum Gasteiger partial charge on any atom is -0.394 e. The maximum Gasteiger partial charge on any atom is 0.310 e. The van der Waals surface area contributed by atoms with Crippen molar-refractivity contribution in [2.75, 3.05) is 33.0 Å². The summed E-state index contributed by atoms with van der Waals surface area (Å²) < 4.78 is 9.19. The molecule has 0 aromatic carbocycles. The highest BCUT2D eigenvalue weighted by molar-refractivity contribution is 4.66. The summed E-state index contributed by atoms with van der Waals surface area (Å²) in [5, 5.41) is 44.0. The topological polar surface area (TPSA) is 120 Å². The molecule has 1 atom stereocenters. The van der Waals surface area contributed by atoms with Crippen LogP contribution in [0.5, 0.6) is 0 Å². The maximum absolute atomic E-state index is 9.47. The lowest BCUT2D eigenvalue weighted by Crippen LogP contribution is -2.50. The lowest BCUT2D eigenvalue weighted by Gasteiger charge is -2.30. The Labute approximate surface area is 81.1 Å². The van der Waals surface area contributed by atoms with Gasteiger partial charge >= 0.3 is 5.97 Å². The molecule has 0 radical (unpaired) electrons. The zero-order valence-corrected chi connectivity index (χ0v) is 7.67. The zero-order chi connectivity index (χ0) is 11.0. The number of hydrogen-bond donors (Lipinski definition) is 5. The first-order valence-electron chi connectivity index (χ1n) is 4.11. The van der Waals surface area contributed by atoms with Crippen LogP contribution >= 0.6 is 0 Å². The van der Waals surface area contributed by atoms with Gasteiger partial charge in [0.05, 0.1) is 33.0 Å². The van der Waals surface area contributed by atoms with Crippen molar-refractivity contribution in [3.63, 3.8) is 0 Å². The Hall–Kier alpha value is -0.280. The fourth-order valence-corrected chi connectivity index (χ4v) is 0.733. The van der Waals surface area contributed by atoms with Crippen molar-refractivity contribution in [2.45, 2.75) is 12.1 Å². The van der Waals surface area contributed by atoms with E-state index in [-0.39, 0.29) is 26.4 Å².